The third-order valence-electron chi connectivity index (χ3n) is 3.20. The molecule has 2 aromatic rings. The van der Waals surface area contributed by atoms with E-state index in [1.54, 1.807) is 43.3 Å². The fraction of sp³-hybridized carbons (Fsp3) is 0.188. The summed E-state index contributed by atoms with van der Waals surface area (Å²) in [6.07, 6.45) is 0.129. The van der Waals surface area contributed by atoms with Gasteiger partial charge in [-0.15, -0.1) is 0 Å². The molecule has 1 amide bonds. The van der Waals surface area contributed by atoms with E-state index in [0.29, 0.717) is 11.3 Å². The first-order valence-corrected chi connectivity index (χ1v) is 8.23. The van der Waals surface area contributed by atoms with Crippen molar-refractivity contribution in [1.29, 1.82) is 0 Å². The number of nitrogens with one attached hydrogen (secondary N) is 1. The normalized spacial score (nSPS) is 11.2. The number of primary amides is 1. The predicted molar refractivity (Wildman–Crippen MR) is 86.1 cm³/mol. The number of carbonyl (C=O) groups excluding carboxylic acids is 1. The topological polar surface area (TPSA) is 89.3 Å². The summed E-state index contributed by atoms with van der Waals surface area (Å²) in [6.45, 7) is 3.67. The van der Waals surface area contributed by atoms with Gasteiger partial charge >= 0.3 is 0 Å². The zero-order valence-corrected chi connectivity index (χ0v) is 13.3. The van der Waals surface area contributed by atoms with Gasteiger partial charge in [0.05, 0.1) is 11.3 Å². The van der Waals surface area contributed by atoms with Gasteiger partial charge in [-0.05, 0) is 43.2 Å². The quantitative estimate of drug-likeness (QED) is 0.885. The lowest BCUT2D eigenvalue weighted by Gasteiger charge is -2.11. The first-order valence-electron chi connectivity index (χ1n) is 6.75. The predicted octanol–water partition coefficient (Wildman–Crippen LogP) is 2.13. The molecule has 0 saturated heterocycles. The smallest absolute Gasteiger partial charge is 0.262 e. The second-order valence-electron chi connectivity index (χ2n) is 5.21. The van der Waals surface area contributed by atoms with Crippen LogP contribution in [0.15, 0.2) is 47.4 Å². The highest BCUT2D eigenvalue weighted by atomic mass is 32.2. The van der Waals surface area contributed by atoms with Crippen molar-refractivity contribution in [3.8, 4) is 0 Å². The van der Waals surface area contributed by atoms with Crippen LogP contribution in [0.25, 0.3) is 0 Å². The van der Waals surface area contributed by atoms with Gasteiger partial charge < -0.3 is 5.73 Å². The van der Waals surface area contributed by atoms with Crippen molar-refractivity contribution in [3.63, 3.8) is 0 Å². The average Bonchev–Trinajstić information content (AvgIpc) is 2.39. The molecule has 0 radical (unpaired) electrons. The van der Waals surface area contributed by atoms with Gasteiger partial charge in [0.25, 0.3) is 10.0 Å². The van der Waals surface area contributed by atoms with Crippen molar-refractivity contribution < 1.29 is 13.2 Å². The van der Waals surface area contributed by atoms with Crippen LogP contribution in [0.1, 0.15) is 16.7 Å². The van der Waals surface area contributed by atoms with Crippen LogP contribution < -0.4 is 10.5 Å². The summed E-state index contributed by atoms with van der Waals surface area (Å²) < 4.78 is 27.4. The standard InChI is InChI=1S/C16H18N2O3S/c1-11-3-8-15(12(2)9-11)22(20,21)18-14-6-4-13(5-7-14)10-16(17)19/h3-9,18H,10H2,1-2H3,(H2,17,19). The molecule has 0 unspecified atom stereocenters. The van der Waals surface area contributed by atoms with Gasteiger partial charge in [0.2, 0.25) is 5.91 Å². The van der Waals surface area contributed by atoms with Gasteiger partial charge in [0, 0.05) is 5.69 Å². The van der Waals surface area contributed by atoms with Crippen LogP contribution in [0.4, 0.5) is 5.69 Å². The van der Waals surface area contributed by atoms with Crippen molar-refractivity contribution >= 4 is 21.6 Å². The Hall–Kier alpha value is -2.34. The summed E-state index contributed by atoms with van der Waals surface area (Å²) in [5, 5.41) is 0. The second kappa shape index (κ2) is 6.19. The monoisotopic (exact) mass is 318 g/mol. The van der Waals surface area contributed by atoms with E-state index in [1.807, 2.05) is 13.0 Å². The van der Waals surface area contributed by atoms with Crippen LogP contribution in [0, 0.1) is 13.8 Å². The molecule has 0 aliphatic heterocycles. The Morgan fingerprint density at radius 2 is 1.73 bits per heavy atom. The highest BCUT2D eigenvalue weighted by Crippen LogP contribution is 2.20. The fourth-order valence-corrected chi connectivity index (χ4v) is 3.49. The number of benzene rings is 2. The lowest BCUT2D eigenvalue weighted by Crippen LogP contribution is -2.15. The van der Waals surface area contributed by atoms with Crippen LogP contribution in [0.5, 0.6) is 0 Å². The third-order valence-corrected chi connectivity index (χ3v) is 4.75. The number of nitrogens with two attached hydrogens (primary N) is 1. The minimum absolute atomic E-state index is 0.129. The second-order valence-corrected chi connectivity index (χ2v) is 6.87. The number of carbonyl (C=O) groups is 1. The Morgan fingerprint density at radius 1 is 1.09 bits per heavy atom. The minimum atomic E-state index is -3.64. The van der Waals surface area contributed by atoms with Gasteiger partial charge in [-0.25, -0.2) is 8.42 Å². The first kappa shape index (κ1) is 16.0. The Kier molecular flexibility index (Phi) is 4.51. The molecule has 0 atom stereocenters. The Morgan fingerprint density at radius 3 is 2.27 bits per heavy atom. The number of rotatable bonds is 5. The summed E-state index contributed by atoms with van der Waals surface area (Å²) in [7, 11) is -3.64. The number of hydrogen-bond acceptors (Lipinski definition) is 3. The summed E-state index contributed by atoms with van der Waals surface area (Å²) >= 11 is 0. The number of amides is 1. The van der Waals surface area contributed by atoms with E-state index in [4.69, 9.17) is 5.73 Å². The Balaban J connectivity index is 2.23. The van der Waals surface area contributed by atoms with Crippen molar-refractivity contribution in [2.24, 2.45) is 5.73 Å². The number of sulfonamides is 1. The largest absolute Gasteiger partial charge is 0.369 e. The van der Waals surface area contributed by atoms with Gasteiger partial charge in [-0.2, -0.15) is 0 Å². The molecule has 22 heavy (non-hydrogen) atoms. The maximum Gasteiger partial charge on any atom is 0.262 e. The van der Waals surface area contributed by atoms with E-state index in [1.165, 1.54) is 0 Å². The van der Waals surface area contributed by atoms with Crippen molar-refractivity contribution in [2.45, 2.75) is 25.2 Å². The van der Waals surface area contributed by atoms with Gasteiger partial charge in [-0.3, -0.25) is 9.52 Å². The van der Waals surface area contributed by atoms with E-state index >= 15 is 0 Å². The first-order chi connectivity index (χ1) is 10.3. The molecule has 0 aromatic heterocycles. The summed E-state index contributed by atoms with van der Waals surface area (Å²) in [6, 6.07) is 11.7. The van der Waals surface area contributed by atoms with Crippen molar-refractivity contribution in [1.82, 2.24) is 0 Å². The molecular weight excluding hydrogens is 300 g/mol. The lowest BCUT2D eigenvalue weighted by molar-refractivity contribution is -0.117. The molecule has 2 rings (SSSR count). The number of hydrogen-bond donors (Lipinski definition) is 2. The van der Waals surface area contributed by atoms with Gasteiger partial charge in [-0.1, -0.05) is 29.8 Å². The molecule has 0 spiro atoms. The molecule has 6 heteroatoms. The lowest BCUT2D eigenvalue weighted by atomic mass is 10.1. The molecule has 0 saturated carbocycles. The number of anilines is 1. The Bertz CT molecular complexity index is 797. The molecule has 0 aliphatic carbocycles. The highest BCUT2D eigenvalue weighted by Gasteiger charge is 2.16. The summed E-state index contributed by atoms with van der Waals surface area (Å²) in [5.74, 6) is -0.427. The van der Waals surface area contributed by atoms with Crippen LogP contribution in [0.2, 0.25) is 0 Å². The van der Waals surface area contributed by atoms with Crippen molar-refractivity contribution in [3.05, 3.63) is 59.2 Å². The molecule has 116 valence electrons. The van der Waals surface area contributed by atoms with Crippen LogP contribution >= 0.6 is 0 Å². The third kappa shape index (κ3) is 3.85. The minimum Gasteiger partial charge on any atom is -0.369 e. The average molecular weight is 318 g/mol. The van der Waals surface area contributed by atoms with E-state index in [-0.39, 0.29) is 11.3 Å². The summed E-state index contributed by atoms with van der Waals surface area (Å²) in [4.78, 5) is 11.1. The molecule has 0 bridgehead atoms. The zero-order valence-electron chi connectivity index (χ0n) is 12.5. The van der Waals surface area contributed by atoms with Crippen molar-refractivity contribution in [2.75, 3.05) is 4.72 Å². The Labute approximate surface area is 130 Å². The zero-order chi connectivity index (χ0) is 16.3. The highest BCUT2D eigenvalue weighted by molar-refractivity contribution is 7.92. The number of aryl methyl sites for hydroxylation is 2. The van der Waals surface area contributed by atoms with E-state index in [9.17, 15) is 13.2 Å². The summed E-state index contributed by atoms with van der Waals surface area (Å²) in [5.41, 5.74) is 7.99. The molecule has 2 aromatic carbocycles. The fourth-order valence-electron chi connectivity index (χ4n) is 2.20. The molecule has 3 N–H and O–H groups in total. The molecule has 0 aliphatic rings. The molecule has 0 heterocycles. The molecule has 5 nitrogen and oxygen atoms in total. The van der Waals surface area contributed by atoms with Gasteiger partial charge in [0.15, 0.2) is 0 Å². The van der Waals surface area contributed by atoms with Gasteiger partial charge in [0.1, 0.15) is 0 Å². The van der Waals surface area contributed by atoms with Crippen LogP contribution in [0.3, 0.4) is 0 Å². The maximum absolute atomic E-state index is 12.4. The van der Waals surface area contributed by atoms with E-state index in [0.717, 1.165) is 11.1 Å². The maximum atomic E-state index is 12.4. The van der Waals surface area contributed by atoms with Crippen LogP contribution in [-0.4, -0.2) is 14.3 Å². The SMILES string of the molecule is Cc1ccc(S(=O)(=O)Nc2ccc(CC(N)=O)cc2)c(C)c1. The molecule has 0 fully saturated rings. The van der Waals surface area contributed by atoms with Crippen LogP contribution in [-0.2, 0) is 21.2 Å². The van der Waals surface area contributed by atoms with E-state index in [2.05, 4.69) is 4.72 Å². The molecular formula is C16H18N2O3S. The van der Waals surface area contributed by atoms with E-state index < -0.39 is 15.9 Å².